The maximum Gasteiger partial charge on any atom is 0.418 e. The van der Waals surface area contributed by atoms with Gasteiger partial charge in [-0.25, -0.2) is 4.79 Å². The van der Waals surface area contributed by atoms with E-state index in [0.29, 0.717) is 4.68 Å². The Hall–Kier alpha value is -4.33. The van der Waals surface area contributed by atoms with Gasteiger partial charge in [-0.15, -0.1) is 9.78 Å². The molecule has 5 atom stereocenters. The summed E-state index contributed by atoms with van der Waals surface area (Å²) in [5.74, 6) is -7.96. The highest BCUT2D eigenvalue weighted by Crippen LogP contribution is 2.59. The Labute approximate surface area is 240 Å². The maximum atomic E-state index is 13.9. The molecule has 0 aliphatic carbocycles. The number of carbonyl (C=O) groups excluding carboxylic acids is 3. The van der Waals surface area contributed by atoms with Crippen LogP contribution in [0, 0.1) is 10.1 Å². The van der Waals surface area contributed by atoms with Gasteiger partial charge >= 0.3 is 42.9 Å². The second-order valence-electron chi connectivity index (χ2n) is 8.66. The number of aromatic nitrogens is 5. The van der Waals surface area contributed by atoms with Crippen LogP contribution in [-0.2, 0) is 51.7 Å². The lowest BCUT2D eigenvalue weighted by molar-refractivity contribution is -0.388. The van der Waals surface area contributed by atoms with Crippen LogP contribution in [0.1, 0.15) is 46.6 Å². The van der Waals surface area contributed by atoms with Crippen LogP contribution >= 0.6 is 7.60 Å². The minimum Gasteiger partial charge on any atom is -0.479 e. The van der Waals surface area contributed by atoms with Crippen molar-refractivity contribution in [3.05, 3.63) is 20.5 Å². The van der Waals surface area contributed by atoms with Crippen molar-refractivity contribution in [2.45, 2.75) is 64.9 Å². The van der Waals surface area contributed by atoms with Crippen LogP contribution in [0.4, 0.5) is 5.82 Å². The molecule has 0 radical (unpaired) electrons. The van der Waals surface area contributed by atoms with Crippen molar-refractivity contribution in [2.24, 2.45) is 0 Å². The van der Waals surface area contributed by atoms with E-state index < -0.39 is 95.7 Å². The second kappa shape index (κ2) is 13.3. The number of fused-ring (bicyclic) bond motifs is 1. The summed E-state index contributed by atoms with van der Waals surface area (Å²) in [6.07, 6.45) is -6.17. The van der Waals surface area contributed by atoms with Gasteiger partial charge in [0, 0.05) is 20.8 Å². The molecule has 0 spiro atoms. The molecular formula is C21H27N6O15P. The molecule has 0 aromatic carbocycles. The molecule has 5 unspecified atom stereocenters. The zero-order valence-corrected chi connectivity index (χ0v) is 24.2. The van der Waals surface area contributed by atoms with E-state index in [0.717, 1.165) is 20.8 Å². The molecule has 3 heterocycles. The smallest absolute Gasteiger partial charge is 0.418 e. The highest BCUT2D eigenvalue weighted by atomic mass is 31.2. The first-order chi connectivity index (χ1) is 20.2. The van der Waals surface area contributed by atoms with E-state index >= 15 is 0 Å². The summed E-state index contributed by atoms with van der Waals surface area (Å²) in [5.41, 5.74) is -3.02. The van der Waals surface area contributed by atoms with Crippen molar-refractivity contribution < 1.29 is 61.8 Å². The van der Waals surface area contributed by atoms with Crippen LogP contribution < -0.4 is 5.56 Å². The van der Waals surface area contributed by atoms with E-state index in [1.54, 1.807) is 0 Å². The van der Waals surface area contributed by atoms with Gasteiger partial charge in [0.05, 0.1) is 18.3 Å². The van der Waals surface area contributed by atoms with E-state index in [1.807, 2.05) is 0 Å². The monoisotopic (exact) mass is 634 g/mol. The largest absolute Gasteiger partial charge is 0.479 e. The SMILES string of the molecule is CCOP(=O)(OCC)C(C(=O)O)n1nc([N+](=O)[O-])c2nnn(C3OC(COC(C)=O)C(OC(C)=O)C3OC(C)=O)c(=O)c21. The van der Waals surface area contributed by atoms with Gasteiger partial charge in [0.15, 0.2) is 24.0 Å². The summed E-state index contributed by atoms with van der Waals surface area (Å²) < 4.78 is 45.6. The Balaban J connectivity index is 2.31. The fraction of sp³-hybridized carbons (Fsp3) is 0.619. The fourth-order valence-electron chi connectivity index (χ4n) is 4.22. The quantitative estimate of drug-likeness (QED) is 0.100. The predicted molar refractivity (Wildman–Crippen MR) is 135 cm³/mol. The molecule has 0 bridgehead atoms. The molecule has 0 amide bonds. The number of esters is 3. The number of carboxylic acid groups (broad SMARTS) is 1. The van der Waals surface area contributed by atoms with Crippen LogP contribution in [0.2, 0.25) is 0 Å². The van der Waals surface area contributed by atoms with Gasteiger partial charge in [0.25, 0.3) is 5.78 Å². The molecule has 3 rings (SSSR count). The highest BCUT2D eigenvalue weighted by Gasteiger charge is 2.53. The fourth-order valence-corrected chi connectivity index (χ4v) is 6.00. The summed E-state index contributed by atoms with van der Waals surface area (Å²) >= 11 is 0. The first kappa shape index (κ1) is 33.2. The van der Waals surface area contributed by atoms with E-state index in [9.17, 15) is 43.8 Å². The van der Waals surface area contributed by atoms with Crippen molar-refractivity contribution in [3.8, 4) is 0 Å². The van der Waals surface area contributed by atoms with Gasteiger partial charge < -0.3 is 43.2 Å². The Kier molecular flexibility index (Phi) is 10.3. The molecule has 43 heavy (non-hydrogen) atoms. The summed E-state index contributed by atoms with van der Waals surface area (Å²) in [7, 11) is -4.70. The van der Waals surface area contributed by atoms with E-state index in [4.69, 9.17) is 28.0 Å². The number of nitrogens with zero attached hydrogens (tertiary/aromatic N) is 6. The maximum absolute atomic E-state index is 13.9. The number of rotatable bonds is 13. The standard InChI is InChI=1S/C21H27N6O15P/c1-6-38-43(36,39-7-2)20(21(32)33)25-14-13(17(23-25)27(34)35)22-24-26(18(14)31)19-16(41-11(5)30)15(40-10(4)29)12(42-19)8-37-9(3)28/h12,15-16,19-20H,6-8H2,1-5H3,(H,32,33). The lowest BCUT2D eigenvalue weighted by Crippen LogP contribution is -2.42. The molecule has 1 N–H and O–H groups in total. The summed E-state index contributed by atoms with van der Waals surface area (Å²) in [5, 5.41) is 32.7. The topological polar surface area (TPSA) is 270 Å². The summed E-state index contributed by atoms with van der Waals surface area (Å²) in [6.45, 7) is 4.70. The van der Waals surface area contributed by atoms with Gasteiger partial charge in [0.2, 0.25) is 5.52 Å². The van der Waals surface area contributed by atoms with Crippen molar-refractivity contribution in [1.29, 1.82) is 0 Å². The number of carboxylic acids is 1. The third-order valence-electron chi connectivity index (χ3n) is 5.64. The molecule has 1 aliphatic rings. The summed E-state index contributed by atoms with van der Waals surface area (Å²) in [4.78, 5) is 72.2. The molecule has 0 saturated carbocycles. The van der Waals surface area contributed by atoms with E-state index in [2.05, 4.69) is 15.4 Å². The van der Waals surface area contributed by atoms with E-state index in [1.165, 1.54) is 13.8 Å². The number of hydrogen-bond donors (Lipinski definition) is 1. The molecule has 22 heteroatoms. The normalized spacial score (nSPS) is 20.9. The minimum atomic E-state index is -4.70. The zero-order chi connectivity index (χ0) is 32.2. The number of carbonyl (C=O) groups is 4. The van der Waals surface area contributed by atoms with Crippen molar-refractivity contribution in [3.63, 3.8) is 0 Å². The van der Waals surface area contributed by atoms with Gasteiger partial charge in [-0.1, -0.05) is 5.21 Å². The lowest BCUT2D eigenvalue weighted by atomic mass is 10.1. The number of ether oxygens (including phenoxy) is 4. The average molecular weight is 634 g/mol. The Morgan fingerprint density at radius 2 is 1.65 bits per heavy atom. The molecular weight excluding hydrogens is 607 g/mol. The molecule has 1 aliphatic heterocycles. The lowest BCUT2D eigenvalue weighted by Gasteiger charge is -2.23. The molecule has 2 aromatic rings. The number of hydrogen-bond acceptors (Lipinski definition) is 17. The summed E-state index contributed by atoms with van der Waals surface area (Å²) in [6, 6.07) is 0. The first-order valence-corrected chi connectivity index (χ1v) is 14.0. The molecule has 2 aromatic heterocycles. The first-order valence-electron chi connectivity index (χ1n) is 12.4. The van der Waals surface area contributed by atoms with Crippen molar-refractivity contribution in [1.82, 2.24) is 24.8 Å². The number of aliphatic carboxylic acids is 1. The predicted octanol–water partition coefficient (Wildman–Crippen LogP) is 0.0694. The third kappa shape index (κ3) is 6.85. The van der Waals surface area contributed by atoms with Crippen LogP contribution in [0.5, 0.6) is 0 Å². The average Bonchev–Trinajstić information content (AvgIpc) is 3.42. The highest BCUT2D eigenvalue weighted by molar-refractivity contribution is 7.55. The van der Waals surface area contributed by atoms with E-state index in [-0.39, 0.29) is 17.9 Å². The molecule has 236 valence electrons. The third-order valence-corrected chi connectivity index (χ3v) is 7.92. The Morgan fingerprint density at radius 3 is 2.14 bits per heavy atom. The molecule has 21 nitrogen and oxygen atoms in total. The van der Waals surface area contributed by atoms with Crippen LogP contribution in [0.15, 0.2) is 4.79 Å². The molecule has 1 saturated heterocycles. The van der Waals surface area contributed by atoms with Crippen molar-refractivity contribution >= 4 is 48.3 Å². The van der Waals surface area contributed by atoms with Gasteiger partial charge in [-0.05, 0) is 18.8 Å². The molecule has 1 fully saturated rings. The zero-order valence-electron chi connectivity index (χ0n) is 23.3. The van der Waals surface area contributed by atoms with Gasteiger partial charge in [0.1, 0.15) is 12.7 Å². The van der Waals surface area contributed by atoms with Gasteiger partial charge in [-0.2, -0.15) is 4.68 Å². The Bertz CT molecular complexity index is 1530. The van der Waals surface area contributed by atoms with Gasteiger partial charge in [-0.3, -0.25) is 23.7 Å². The van der Waals surface area contributed by atoms with Crippen molar-refractivity contribution in [2.75, 3.05) is 19.8 Å². The number of nitro groups is 1. The van der Waals surface area contributed by atoms with Crippen LogP contribution in [0.25, 0.3) is 11.0 Å². The Morgan fingerprint density at radius 1 is 1.07 bits per heavy atom. The van der Waals surface area contributed by atoms with Crippen LogP contribution in [-0.4, -0.2) is 96.8 Å². The second-order valence-corrected chi connectivity index (χ2v) is 10.7. The van der Waals surface area contributed by atoms with Crippen LogP contribution in [0.3, 0.4) is 0 Å². The minimum absolute atomic E-state index is 0.269.